The Labute approximate surface area is 130 Å². The number of rotatable bonds is 4. The number of anilines is 1. The van der Waals surface area contributed by atoms with Gasteiger partial charge in [0.15, 0.2) is 6.33 Å². The van der Waals surface area contributed by atoms with Crippen LogP contribution in [0, 0.1) is 6.92 Å². The summed E-state index contributed by atoms with van der Waals surface area (Å²) < 4.78 is 5.18. The summed E-state index contributed by atoms with van der Waals surface area (Å²) >= 11 is 0. The lowest BCUT2D eigenvalue weighted by Gasteiger charge is -2.38. The third kappa shape index (κ3) is 3.09. The van der Waals surface area contributed by atoms with Gasteiger partial charge >= 0.3 is 0 Å². The molecule has 1 saturated heterocycles. The molecule has 1 fully saturated rings. The fourth-order valence-electron chi connectivity index (χ4n) is 3.00. The summed E-state index contributed by atoms with van der Waals surface area (Å²) in [6.07, 6.45) is 5.29. The highest BCUT2D eigenvalue weighted by Crippen LogP contribution is 2.26. The zero-order valence-electron chi connectivity index (χ0n) is 13.3. The summed E-state index contributed by atoms with van der Waals surface area (Å²) in [6.45, 7) is 6.14. The molecule has 0 saturated carbocycles. The van der Waals surface area contributed by atoms with Gasteiger partial charge in [-0.25, -0.2) is 9.97 Å². The van der Waals surface area contributed by atoms with Crippen molar-refractivity contribution in [1.29, 1.82) is 0 Å². The Bertz CT molecular complexity index is 594. The Morgan fingerprint density at radius 3 is 2.64 bits per heavy atom. The molecule has 0 aromatic carbocycles. The zero-order valence-corrected chi connectivity index (χ0v) is 13.3. The highest BCUT2D eigenvalue weighted by Gasteiger charge is 2.28. The molecule has 118 valence electrons. The van der Waals surface area contributed by atoms with Crippen LogP contribution in [-0.4, -0.2) is 51.2 Å². The first-order chi connectivity index (χ1) is 10.6. The molecular formula is C15H22N6O. The molecule has 0 spiro atoms. The molecule has 1 aliphatic heterocycles. The Kier molecular flexibility index (Phi) is 4.33. The van der Waals surface area contributed by atoms with Crippen molar-refractivity contribution in [2.75, 3.05) is 25.0 Å². The summed E-state index contributed by atoms with van der Waals surface area (Å²) in [7, 11) is 2.11. The molecule has 3 heterocycles. The second-order valence-electron chi connectivity index (χ2n) is 5.85. The van der Waals surface area contributed by atoms with E-state index < -0.39 is 0 Å². The molecule has 7 nitrogen and oxygen atoms in total. The lowest BCUT2D eigenvalue weighted by atomic mass is 10.0. The number of aryl methyl sites for hydroxylation is 1. The smallest absolute Gasteiger partial charge is 0.243 e. The van der Waals surface area contributed by atoms with E-state index in [4.69, 9.17) is 4.52 Å². The summed E-state index contributed by atoms with van der Waals surface area (Å²) in [6, 6.07) is 2.71. The van der Waals surface area contributed by atoms with Crippen molar-refractivity contribution in [3.63, 3.8) is 0 Å². The first-order valence-corrected chi connectivity index (χ1v) is 7.67. The third-order valence-electron chi connectivity index (χ3n) is 4.48. The van der Waals surface area contributed by atoms with Crippen LogP contribution < -0.4 is 4.90 Å². The quantitative estimate of drug-likeness (QED) is 0.853. The Balaban J connectivity index is 1.59. The van der Waals surface area contributed by atoms with E-state index >= 15 is 0 Å². The van der Waals surface area contributed by atoms with Gasteiger partial charge in [0.05, 0.1) is 6.04 Å². The van der Waals surface area contributed by atoms with Gasteiger partial charge in [0.25, 0.3) is 0 Å². The van der Waals surface area contributed by atoms with Gasteiger partial charge < -0.3 is 9.42 Å². The van der Waals surface area contributed by atoms with E-state index in [-0.39, 0.29) is 6.04 Å². The van der Waals surface area contributed by atoms with Crippen molar-refractivity contribution in [3.8, 4) is 0 Å². The molecule has 0 radical (unpaired) electrons. The van der Waals surface area contributed by atoms with E-state index in [1.807, 2.05) is 13.0 Å². The van der Waals surface area contributed by atoms with Crippen LogP contribution in [0.3, 0.4) is 0 Å². The van der Waals surface area contributed by atoms with Gasteiger partial charge in [0.2, 0.25) is 5.89 Å². The fourth-order valence-corrected chi connectivity index (χ4v) is 3.00. The van der Waals surface area contributed by atoms with E-state index in [9.17, 15) is 0 Å². The monoisotopic (exact) mass is 302 g/mol. The summed E-state index contributed by atoms with van der Waals surface area (Å²) in [5, 5.41) is 3.69. The van der Waals surface area contributed by atoms with Crippen molar-refractivity contribution in [3.05, 3.63) is 30.3 Å². The van der Waals surface area contributed by atoms with Crippen molar-refractivity contribution < 1.29 is 4.52 Å². The second-order valence-corrected chi connectivity index (χ2v) is 5.85. The molecule has 0 N–H and O–H groups in total. The van der Waals surface area contributed by atoms with Crippen molar-refractivity contribution >= 4 is 5.82 Å². The van der Waals surface area contributed by atoms with Crippen LogP contribution in [0.5, 0.6) is 0 Å². The molecule has 22 heavy (non-hydrogen) atoms. The number of nitrogens with zero attached hydrogens (tertiary/aromatic N) is 6. The highest BCUT2D eigenvalue weighted by atomic mass is 16.5. The topological polar surface area (TPSA) is 71.2 Å². The number of aromatic nitrogens is 4. The average molecular weight is 302 g/mol. The van der Waals surface area contributed by atoms with Crippen LogP contribution in [0.25, 0.3) is 0 Å². The molecule has 2 aromatic rings. The van der Waals surface area contributed by atoms with Crippen LogP contribution in [0.4, 0.5) is 5.82 Å². The lowest BCUT2D eigenvalue weighted by molar-refractivity contribution is 0.136. The zero-order chi connectivity index (χ0) is 15.5. The first-order valence-electron chi connectivity index (χ1n) is 7.67. The second kappa shape index (κ2) is 6.39. The van der Waals surface area contributed by atoms with E-state index in [0.29, 0.717) is 11.9 Å². The maximum Gasteiger partial charge on any atom is 0.243 e. The minimum atomic E-state index is 0.176. The first kappa shape index (κ1) is 14.9. The van der Waals surface area contributed by atoms with Gasteiger partial charge in [-0.1, -0.05) is 5.16 Å². The normalized spacial score (nSPS) is 18.3. The summed E-state index contributed by atoms with van der Waals surface area (Å²) in [5.41, 5.74) is 0.999. The summed E-state index contributed by atoms with van der Waals surface area (Å²) in [5.74, 6) is 1.69. The Morgan fingerprint density at radius 2 is 2.00 bits per heavy atom. The minimum Gasteiger partial charge on any atom is -0.356 e. The molecule has 1 atom stereocenters. The molecular weight excluding hydrogens is 280 g/mol. The Hall–Kier alpha value is -2.02. The molecule has 7 heteroatoms. The van der Waals surface area contributed by atoms with Gasteiger partial charge in [0.1, 0.15) is 12.1 Å². The highest BCUT2D eigenvalue weighted by molar-refractivity contribution is 5.39. The van der Waals surface area contributed by atoms with Gasteiger partial charge in [-0.2, -0.15) is 4.98 Å². The molecule has 1 unspecified atom stereocenters. The van der Waals surface area contributed by atoms with Crippen LogP contribution in [0.1, 0.15) is 37.4 Å². The largest absolute Gasteiger partial charge is 0.356 e. The number of likely N-dealkylation sites (tertiary alicyclic amines) is 1. The van der Waals surface area contributed by atoms with E-state index in [2.05, 4.69) is 43.9 Å². The molecule has 1 aliphatic rings. The van der Waals surface area contributed by atoms with Gasteiger partial charge in [-0.3, -0.25) is 4.90 Å². The van der Waals surface area contributed by atoms with Crippen molar-refractivity contribution in [1.82, 2.24) is 25.0 Å². The summed E-state index contributed by atoms with van der Waals surface area (Å²) in [4.78, 5) is 17.4. The number of hydrogen-bond acceptors (Lipinski definition) is 7. The predicted molar refractivity (Wildman–Crippen MR) is 82.5 cm³/mol. The molecule has 3 rings (SSSR count). The number of piperidine rings is 1. The maximum atomic E-state index is 5.18. The van der Waals surface area contributed by atoms with E-state index in [0.717, 1.165) is 37.4 Å². The molecule has 0 aliphatic carbocycles. The van der Waals surface area contributed by atoms with Crippen LogP contribution >= 0.6 is 0 Å². The van der Waals surface area contributed by atoms with Crippen LogP contribution in [0.15, 0.2) is 23.2 Å². The maximum absolute atomic E-state index is 5.18. The molecule has 0 amide bonds. The predicted octanol–water partition coefficient (Wildman–Crippen LogP) is 1.83. The van der Waals surface area contributed by atoms with Crippen LogP contribution in [-0.2, 0) is 0 Å². The van der Waals surface area contributed by atoms with Crippen molar-refractivity contribution in [2.24, 2.45) is 0 Å². The van der Waals surface area contributed by atoms with Gasteiger partial charge in [-0.15, -0.1) is 0 Å². The number of hydrogen-bond donors (Lipinski definition) is 0. The minimum absolute atomic E-state index is 0.176. The standard InChI is InChI=1S/C15H22N6O/c1-11-8-14(17-9-16-11)20(3)13-4-6-21(7-5-13)12(2)15-18-10-19-22-15/h8-10,12-13H,4-7H2,1-3H3. The van der Waals surface area contributed by atoms with Crippen molar-refractivity contribution in [2.45, 2.75) is 38.8 Å². The molecule has 2 aromatic heterocycles. The lowest BCUT2D eigenvalue weighted by Crippen LogP contribution is -2.44. The Morgan fingerprint density at radius 1 is 1.23 bits per heavy atom. The fraction of sp³-hybridized carbons (Fsp3) is 0.600. The average Bonchev–Trinajstić information content (AvgIpc) is 3.08. The molecule has 0 bridgehead atoms. The van der Waals surface area contributed by atoms with E-state index in [1.165, 1.54) is 6.33 Å². The van der Waals surface area contributed by atoms with Crippen LogP contribution in [0.2, 0.25) is 0 Å². The third-order valence-corrected chi connectivity index (χ3v) is 4.48. The van der Waals surface area contributed by atoms with Gasteiger partial charge in [0, 0.05) is 37.9 Å². The van der Waals surface area contributed by atoms with Gasteiger partial charge in [-0.05, 0) is 26.7 Å². The SMILES string of the molecule is Cc1cc(N(C)C2CCN(C(C)c3ncno3)CC2)ncn1. The van der Waals surface area contributed by atoms with E-state index in [1.54, 1.807) is 6.33 Å².